The lowest BCUT2D eigenvalue weighted by Crippen LogP contribution is -2.54. The van der Waals surface area contributed by atoms with Gasteiger partial charge < -0.3 is 10.2 Å². The van der Waals surface area contributed by atoms with Gasteiger partial charge in [0.2, 0.25) is 5.91 Å². The number of hydrogen-bond acceptors (Lipinski definition) is 3. The molecule has 0 saturated carbocycles. The normalized spacial score (nSPS) is 22.7. The van der Waals surface area contributed by atoms with Crippen molar-refractivity contribution in [2.45, 2.75) is 32.9 Å². The average molecular weight is 301 g/mol. The van der Waals surface area contributed by atoms with E-state index in [1.54, 1.807) is 0 Å². The monoisotopic (exact) mass is 301 g/mol. The highest BCUT2D eigenvalue weighted by molar-refractivity contribution is 5.78. The summed E-state index contributed by atoms with van der Waals surface area (Å²) >= 11 is 0. The fraction of sp³-hybridized carbons (Fsp3) is 0.611. The van der Waals surface area contributed by atoms with Crippen LogP contribution in [0.5, 0.6) is 0 Å². The Balaban J connectivity index is 1.79. The molecule has 1 aromatic rings. The van der Waals surface area contributed by atoms with Crippen LogP contribution in [0.25, 0.3) is 0 Å². The zero-order valence-corrected chi connectivity index (χ0v) is 13.7. The number of nitrogens with one attached hydrogen (secondary N) is 1. The van der Waals surface area contributed by atoms with Crippen molar-refractivity contribution in [2.75, 3.05) is 32.7 Å². The molecule has 1 atom stereocenters. The standard InChI is InChI=1S/C18H27N3O/c1-14(2)18(22)21-12-16-6-4-3-5-15(16)11-17(21)13-20-9-7-19-8-10-20/h3-6,14,17,19H,7-13H2,1-2H3/t17-/m1/s1. The van der Waals surface area contributed by atoms with Crippen molar-refractivity contribution in [2.24, 2.45) is 5.92 Å². The number of fused-ring (bicyclic) bond motifs is 1. The summed E-state index contributed by atoms with van der Waals surface area (Å²) in [5, 5.41) is 3.40. The number of amides is 1. The third-order valence-corrected chi connectivity index (χ3v) is 4.81. The van der Waals surface area contributed by atoms with Gasteiger partial charge in [0.1, 0.15) is 0 Å². The molecular formula is C18H27N3O. The van der Waals surface area contributed by atoms with Gasteiger partial charge in [0.05, 0.1) is 0 Å². The van der Waals surface area contributed by atoms with Crippen molar-refractivity contribution in [3.05, 3.63) is 35.4 Å². The van der Waals surface area contributed by atoms with Crippen molar-refractivity contribution in [1.29, 1.82) is 0 Å². The highest BCUT2D eigenvalue weighted by atomic mass is 16.2. The van der Waals surface area contributed by atoms with Crippen molar-refractivity contribution in [1.82, 2.24) is 15.1 Å². The molecule has 1 amide bonds. The van der Waals surface area contributed by atoms with Crippen molar-refractivity contribution in [3.63, 3.8) is 0 Å². The lowest BCUT2D eigenvalue weighted by atomic mass is 9.92. The summed E-state index contributed by atoms with van der Waals surface area (Å²) in [5.41, 5.74) is 2.73. The highest BCUT2D eigenvalue weighted by Gasteiger charge is 2.32. The molecule has 0 radical (unpaired) electrons. The maximum absolute atomic E-state index is 12.7. The molecule has 0 aliphatic carbocycles. The summed E-state index contributed by atoms with van der Waals surface area (Å²) < 4.78 is 0. The van der Waals surface area contributed by atoms with Crippen LogP contribution >= 0.6 is 0 Å². The second kappa shape index (κ2) is 6.80. The summed E-state index contributed by atoms with van der Waals surface area (Å²) in [5.74, 6) is 0.352. The zero-order chi connectivity index (χ0) is 15.5. The van der Waals surface area contributed by atoms with Crippen molar-refractivity contribution < 1.29 is 4.79 Å². The third-order valence-electron chi connectivity index (χ3n) is 4.81. The Hall–Kier alpha value is -1.39. The predicted molar refractivity (Wildman–Crippen MR) is 88.6 cm³/mol. The number of rotatable bonds is 3. The Labute approximate surface area is 133 Å². The SMILES string of the molecule is CC(C)C(=O)N1Cc2ccccc2C[C@@H]1CN1CCNCC1. The van der Waals surface area contributed by atoms with Crippen LogP contribution in [0.2, 0.25) is 0 Å². The van der Waals surface area contributed by atoms with Crippen LogP contribution in [0.3, 0.4) is 0 Å². The summed E-state index contributed by atoms with van der Waals surface area (Å²) in [6.07, 6.45) is 0.985. The van der Waals surface area contributed by atoms with E-state index in [-0.39, 0.29) is 11.8 Å². The molecule has 1 aromatic carbocycles. The molecule has 1 fully saturated rings. The van der Waals surface area contributed by atoms with E-state index in [9.17, 15) is 4.79 Å². The third kappa shape index (κ3) is 3.33. The van der Waals surface area contributed by atoms with Gasteiger partial charge >= 0.3 is 0 Å². The molecule has 2 heterocycles. The maximum atomic E-state index is 12.7. The van der Waals surface area contributed by atoms with Crippen LogP contribution in [-0.4, -0.2) is 54.5 Å². The number of carbonyl (C=O) groups excluding carboxylic acids is 1. The van der Waals surface area contributed by atoms with Crippen LogP contribution in [0.1, 0.15) is 25.0 Å². The van der Waals surface area contributed by atoms with Gasteiger partial charge in [-0.25, -0.2) is 0 Å². The van der Waals surface area contributed by atoms with E-state index in [4.69, 9.17) is 0 Å². The number of carbonyl (C=O) groups is 1. The molecule has 1 saturated heterocycles. The van der Waals surface area contributed by atoms with Crippen LogP contribution in [0.15, 0.2) is 24.3 Å². The quantitative estimate of drug-likeness (QED) is 0.919. The lowest BCUT2D eigenvalue weighted by Gasteiger charge is -2.41. The van der Waals surface area contributed by atoms with Gasteiger partial charge in [-0.1, -0.05) is 38.1 Å². The molecule has 2 aliphatic heterocycles. The van der Waals surface area contributed by atoms with Gasteiger partial charge in [-0.3, -0.25) is 9.69 Å². The molecular weight excluding hydrogens is 274 g/mol. The molecule has 4 heteroatoms. The number of nitrogens with zero attached hydrogens (tertiary/aromatic N) is 2. The average Bonchev–Trinajstić information content (AvgIpc) is 2.54. The summed E-state index contributed by atoms with van der Waals surface area (Å²) in [7, 11) is 0. The molecule has 0 aromatic heterocycles. The molecule has 3 rings (SSSR count). The fourth-order valence-electron chi connectivity index (χ4n) is 3.53. The predicted octanol–water partition coefficient (Wildman–Crippen LogP) is 1.50. The second-order valence-corrected chi connectivity index (χ2v) is 6.80. The molecule has 4 nitrogen and oxygen atoms in total. The van der Waals surface area contributed by atoms with Crippen LogP contribution in [-0.2, 0) is 17.8 Å². The fourth-order valence-corrected chi connectivity index (χ4v) is 3.53. The molecule has 0 bridgehead atoms. The molecule has 120 valence electrons. The van der Waals surface area contributed by atoms with Gasteiger partial charge in [-0.2, -0.15) is 0 Å². The first-order valence-electron chi connectivity index (χ1n) is 8.45. The minimum Gasteiger partial charge on any atom is -0.334 e. The van der Waals surface area contributed by atoms with Crippen molar-refractivity contribution >= 4 is 5.91 Å². The number of benzene rings is 1. The van der Waals surface area contributed by atoms with E-state index in [0.29, 0.717) is 6.04 Å². The molecule has 0 unspecified atom stereocenters. The lowest BCUT2D eigenvalue weighted by molar-refractivity contribution is -0.138. The summed E-state index contributed by atoms with van der Waals surface area (Å²) in [4.78, 5) is 17.3. The van der Waals surface area contributed by atoms with Gasteiger partial charge in [-0.15, -0.1) is 0 Å². The van der Waals surface area contributed by atoms with E-state index >= 15 is 0 Å². The van der Waals surface area contributed by atoms with Gasteiger partial charge in [-0.05, 0) is 17.5 Å². The van der Waals surface area contributed by atoms with E-state index < -0.39 is 0 Å². The molecule has 1 N–H and O–H groups in total. The Morgan fingerprint density at radius 1 is 1.23 bits per heavy atom. The largest absolute Gasteiger partial charge is 0.334 e. The smallest absolute Gasteiger partial charge is 0.225 e. The van der Waals surface area contributed by atoms with Gasteiger partial charge in [0.15, 0.2) is 0 Å². The Bertz CT molecular complexity index is 523. The number of hydrogen-bond donors (Lipinski definition) is 1. The molecule has 0 spiro atoms. The van der Waals surface area contributed by atoms with E-state index in [0.717, 1.165) is 45.7 Å². The summed E-state index contributed by atoms with van der Waals surface area (Å²) in [6, 6.07) is 8.88. The second-order valence-electron chi connectivity index (χ2n) is 6.80. The van der Waals surface area contributed by atoms with E-state index in [1.165, 1.54) is 11.1 Å². The topological polar surface area (TPSA) is 35.6 Å². The Morgan fingerprint density at radius 3 is 2.59 bits per heavy atom. The van der Waals surface area contributed by atoms with Crippen molar-refractivity contribution in [3.8, 4) is 0 Å². The van der Waals surface area contributed by atoms with Crippen LogP contribution in [0, 0.1) is 5.92 Å². The maximum Gasteiger partial charge on any atom is 0.225 e. The first-order chi connectivity index (χ1) is 10.6. The highest BCUT2D eigenvalue weighted by Crippen LogP contribution is 2.25. The summed E-state index contributed by atoms with van der Waals surface area (Å²) in [6.45, 7) is 10.1. The molecule has 22 heavy (non-hydrogen) atoms. The van der Waals surface area contributed by atoms with E-state index in [2.05, 4.69) is 39.4 Å². The van der Waals surface area contributed by atoms with E-state index in [1.807, 2.05) is 13.8 Å². The zero-order valence-electron chi connectivity index (χ0n) is 13.7. The van der Waals surface area contributed by atoms with Crippen LogP contribution in [0.4, 0.5) is 0 Å². The number of piperazine rings is 1. The van der Waals surface area contributed by atoms with Gasteiger partial charge in [0, 0.05) is 51.2 Å². The minimum atomic E-state index is 0.0655. The molecule has 2 aliphatic rings. The minimum absolute atomic E-state index is 0.0655. The van der Waals surface area contributed by atoms with Crippen LogP contribution < -0.4 is 5.32 Å². The Kier molecular flexibility index (Phi) is 4.79. The Morgan fingerprint density at radius 2 is 1.91 bits per heavy atom. The first kappa shape index (κ1) is 15.5. The first-order valence-corrected chi connectivity index (χ1v) is 8.45. The van der Waals surface area contributed by atoms with Gasteiger partial charge in [0.25, 0.3) is 0 Å².